The van der Waals surface area contributed by atoms with Crippen LogP contribution in [-0.4, -0.2) is 36.5 Å². The molecule has 2 heterocycles. The first-order valence-electron chi connectivity index (χ1n) is 10.2. The maximum atomic E-state index is 14.4. The predicted octanol–water partition coefficient (Wildman–Crippen LogP) is 3.57. The molecule has 0 bridgehead atoms. The monoisotopic (exact) mass is 420 g/mol. The van der Waals surface area contributed by atoms with Gasteiger partial charge in [0.15, 0.2) is 0 Å². The number of nitrogens with two attached hydrogens (primary N) is 1. The number of carbonyl (C=O) groups is 1. The van der Waals surface area contributed by atoms with Crippen molar-refractivity contribution in [3.63, 3.8) is 0 Å². The Hall–Kier alpha value is -3.50. The number of piperidine rings is 1. The standard InChI is InChI=1S/C24H22F2N4O/c25-19-3-1-5-21(13-19)30-10-8-17(24(31)29-9-2-4-20(28)15-29)12-23(30)16-6-7-18(14-27)22(26)11-16/h1,3,5-8,11-13,20H,2,4,9-10,15,28H2. The van der Waals surface area contributed by atoms with Gasteiger partial charge in [-0.15, -0.1) is 0 Å². The maximum Gasteiger partial charge on any atom is 0.253 e. The fraction of sp³-hybridized carbons (Fsp3) is 0.250. The number of nitrogens with zero attached hydrogens (tertiary/aromatic N) is 3. The maximum absolute atomic E-state index is 14.4. The van der Waals surface area contributed by atoms with Crippen LogP contribution in [0, 0.1) is 23.0 Å². The summed E-state index contributed by atoms with van der Waals surface area (Å²) in [7, 11) is 0. The first-order chi connectivity index (χ1) is 15.0. The smallest absolute Gasteiger partial charge is 0.253 e. The van der Waals surface area contributed by atoms with Gasteiger partial charge in [0.1, 0.15) is 17.7 Å². The Labute approximate surface area is 179 Å². The number of hydrogen-bond acceptors (Lipinski definition) is 4. The van der Waals surface area contributed by atoms with Gasteiger partial charge in [0.25, 0.3) is 5.91 Å². The number of nitriles is 1. The molecule has 31 heavy (non-hydrogen) atoms. The number of hydrogen-bond donors (Lipinski definition) is 1. The van der Waals surface area contributed by atoms with Crippen LogP contribution in [0.2, 0.25) is 0 Å². The molecule has 1 fully saturated rings. The lowest BCUT2D eigenvalue weighted by Gasteiger charge is -2.34. The third kappa shape index (κ3) is 4.35. The fourth-order valence-electron chi connectivity index (χ4n) is 3.99. The van der Waals surface area contributed by atoms with E-state index in [0.717, 1.165) is 12.8 Å². The number of amides is 1. The van der Waals surface area contributed by atoms with Crippen molar-refractivity contribution in [1.82, 2.24) is 4.90 Å². The van der Waals surface area contributed by atoms with E-state index in [1.54, 1.807) is 35.3 Å². The highest BCUT2D eigenvalue weighted by atomic mass is 19.1. The Balaban J connectivity index is 1.73. The van der Waals surface area contributed by atoms with Crippen molar-refractivity contribution in [1.29, 1.82) is 5.26 Å². The number of anilines is 1. The largest absolute Gasteiger partial charge is 0.337 e. The summed E-state index contributed by atoms with van der Waals surface area (Å²) in [5, 5.41) is 9.03. The summed E-state index contributed by atoms with van der Waals surface area (Å²) in [6.07, 6.45) is 5.23. The average molecular weight is 420 g/mol. The van der Waals surface area contributed by atoms with Crippen molar-refractivity contribution < 1.29 is 13.6 Å². The molecule has 0 saturated carbocycles. The second-order valence-corrected chi connectivity index (χ2v) is 7.74. The summed E-state index contributed by atoms with van der Waals surface area (Å²) < 4.78 is 28.2. The molecule has 4 rings (SSSR count). The van der Waals surface area contributed by atoms with Gasteiger partial charge in [-0.25, -0.2) is 8.78 Å². The number of likely N-dealkylation sites (tertiary alicyclic amines) is 1. The minimum Gasteiger partial charge on any atom is -0.337 e. The van der Waals surface area contributed by atoms with Crippen molar-refractivity contribution in [3.8, 4) is 6.07 Å². The molecule has 2 aromatic rings. The van der Waals surface area contributed by atoms with Gasteiger partial charge in [0, 0.05) is 48.2 Å². The molecule has 0 spiro atoms. The van der Waals surface area contributed by atoms with Gasteiger partial charge in [0.05, 0.1) is 5.56 Å². The zero-order valence-corrected chi connectivity index (χ0v) is 16.9. The minimum absolute atomic E-state index is 0.0400. The number of carbonyl (C=O) groups excluding carboxylic acids is 1. The molecule has 2 N–H and O–H groups in total. The summed E-state index contributed by atoms with van der Waals surface area (Å²) >= 11 is 0. The predicted molar refractivity (Wildman–Crippen MR) is 115 cm³/mol. The third-order valence-corrected chi connectivity index (χ3v) is 5.57. The molecule has 7 heteroatoms. The molecule has 1 unspecified atom stereocenters. The quantitative estimate of drug-likeness (QED) is 0.824. The van der Waals surface area contributed by atoms with E-state index >= 15 is 0 Å². The molecule has 5 nitrogen and oxygen atoms in total. The molecule has 158 valence electrons. The first-order valence-corrected chi connectivity index (χ1v) is 10.2. The second kappa shape index (κ2) is 8.70. The Morgan fingerprint density at radius 2 is 2.03 bits per heavy atom. The molecule has 1 atom stereocenters. The van der Waals surface area contributed by atoms with E-state index in [2.05, 4.69) is 0 Å². The molecule has 1 saturated heterocycles. The van der Waals surface area contributed by atoms with E-state index in [1.165, 1.54) is 24.3 Å². The normalized spacial score (nSPS) is 18.8. The van der Waals surface area contributed by atoms with Crippen molar-refractivity contribution in [2.45, 2.75) is 18.9 Å². The lowest BCUT2D eigenvalue weighted by molar-refractivity contribution is -0.127. The average Bonchev–Trinajstić information content (AvgIpc) is 2.78. The van der Waals surface area contributed by atoms with E-state index in [-0.39, 0.29) is 17.5 Å². The summed E-state index contributed by atoms with van der Waals surface area (Å²) in [6.45, 7) is 1.46. The van der Waals surface area contributed by atoms with Crippen LogP contribution in [0.25, 0.3) is 5.70 Å². The van der Waals surface area contributed by atoms with E-state index in [9.17, 15) is 13.6 Å². The molecule has 2 aliphatic rings. The van der Waals surface area contributed by atoms with Gasteiger partial charge in [-0.2, -0.15) is 5.26 Å². The highest BCUT2D eigenvalue weighted by Gasteiger charge is 2.27. The highest BCUT2D eigenvalue weighted by molar-refractivity contribution is 6.00. The molecule has 0 radical (unpaired) electrons. The van der Waals surface area contributed by atoms with Gasteiger partial charge >= 0.3 is 0 Å². The lowest BCUT2D eigenvalue weighted by Crippen LogP contribution is -2.46. The number of halogens is 2. The lowest BCUT2D eigenvalue weighted by atomic mass is 9.99. The molecule has 0 aromatic heterocycles. The number of rotatable bonds is 3. The Morgan fingerprint density at radius 1 is 1.19 bits per heavy atom. The summed E-state index contributed by atoms with van der Waals surface area (Å²) in [6, 6.07) is 12.1. The molecule has 1 amide bonds. The van der Waals surface area contributed by atoms with Crippen LogP contribution >= 0.6 is 0 Å². The van der Waals surface area contributed by atoms with Crippen LogP contribution in [-0.2, 0) is 4.79 Å². The highest BCUT2D eigenvalue weighted by Crippen LogP contribution is 2.32. The van der Waals surface area contributed by atoms with E-state index in [4.69, 9.17) is 11.0 Å². The van der Waals surface area contributed by atoms with Gasteiger partial charge in [-0.05, 0) is 49.2 Å². The molecular formula is C24H22F2N4O. The van der Waals surface area contributed by atoms with Crippen molar-refractivity contribution in [3.05, 3.63) is 83.0 Å². The van der Waals surface area contributed by atoms with Gasteiger partial charge in [-0.1, -0.05) is 18.2 Å². The topological polar surface area (TPSA) is 73.4 Å². The van der Waals surface area contributed by atoms with Crippen LogP contribution < -0.4 is 10.6 Å². The Kier molecular flexibility index (Phi) is 5.83. The SMILES string of the molecule is N#Cc1ccc(C2=CC(C(=O)N3CCCC(N)C3)=CCN2c2cccc(F)c2)cc1F. The second-order valence-electron chi connectivity index (χ2n) is 7.74. The third-order valence-electron chi connectivity index (χ3n) is 5.57. The van der Waals surface area contributed by atoms with Crippen LogP contribution in [0.5, 0.6) is 0 Å². The molecule has 0 aliphatic carbocycles. The van der Waals surface area contributed by atoms with Crippen molar-refractivity contribution in [2.24, 2.45) is 5.73 Å². The summed E-state index contributed by atoms with van der Waals surface area (Å²) in [5.41, 5.74) is 8.08. The molecular weight excluding hydrogens is 398 g/mol. The summed E-state index contributed by atoms with van der Waals surface area (Å²) in [5.74, 6) is -1.17. The molecule has 2 aliphatic heterocycles. The Bertz CT molecular complexity index is 1120. The first kappa shape index (κ1) is 20.8. The summed E-state index contributed by atoms with van der Waals surface area (Å²) in [4.78, 5) is 16.7. The van der Waals surface area contributed by atoms with Crippen molar-refractivity contribution >= 4 is 17.3 Å². The number of benzene rings is 2. The van der Waals surface area contributed by atoms with Crippen LogP contribution in [0.15, 0.2) is 60.2 Å². The van der Waals surface area contributed by atoms with Crippen LogP contribution in [0.1, 0.15) is 24.0 Å². The van der Waals surface area contributed by atoms with Gasteiger partial charge < -0.3 is 15.5 Å². The fourth-order valence-corrected chi connectivity index (χ4v) is 3.99. The van der Waals surface area contributed by atoms with Gasteiger partial charge in [-0.3, -0.25) is 4.79 Å². The Morgan fingerprint density at radius 3 is 2.74 bits per heavy atom. The van der Waals surface area contributed by atoms with Crippen LogP contribution in [0.4, 0.5) is 14.5 Å². The van der Waals surface area contributed by atoms with E-state index in [0.29, 0.717) is 42.2 Å². The zero-order valence-electron chi connectivity index (χ0n) is 16.9. The van der Waals surface area contributed by atoms with Crippen molar-refractivity contribution in [2.75, 3.05) is 24.5 Å². The van der Waals surface area contributed by atoms with E-state index in [1.807, 2.05) is 11.0 Å². The minimum atomic E-state index is -0.649. The van der Waals surface area contributed by atoms with E-state index < -0.39 is 11.6 Å². The van der Waals surface area contributed by atoms with Gasteiger partial charge in [0.2, 0.25) is 0 Å². The van der Waals surface area contributed by atoms with Crippen LogP contribution in [0.3, 0.4) is 0 Å². The zero-order chi connectivity index (χ0) is 22.0. The molecule has 2 aromatic carbocycles.